The van der Waals surface area contributed by atoms with Gasteiger partial charge in [0.1, 0.15) is 0 Å². The van der Waals surface area contributed by atoms with Crippen molar-refractivity contribution >= 4 is 38.4 Å². The van der Waals surface area contributed by atoms with E-state index in [2.05, 4.69) is 4.98 Å². The fourth-order valence-corrected chi connectivity index (χ4v) is 5.14. The van der Waals surface area contributed by atoms with Crippen LogP contribution in [-0.2, 0) is 32.4 Å². The molecule has 0 atom stereocenters. The lowest BCUT2D eigenvalue weighted by atomic mass is 9.99. The maximum atomic E-state index is 12.5. The normalized spacial score (nSPS) is 13.7. The molecule has 8 heteroatoms. The number of ketones is 1. The van der Waals surface area contributed by atoms with Crippen LogP contribution >= 0.6 is 0 Å². The largest absolute Gasteiger partial charge is 0.457 e. The molecule has 0 aliphatic carbocycles. The summed E-state index contributed by atoms with van der Waals surface area (Å²) in [6, 6.07) is 13.0. The molecule has 1 N–H and O–H groups in total. The lowest BCUT2D eigenvalue weighted by Crippen LogP contribution is -2.34. The topological polar surface area (TPSA) is 96.5 Å². The van der Waals surface area contributed by atoms with Crippen molar-refractivity contribution in [3.05, 3.63) is 65.4 Å². The molecule has 0 saturated heterocycles. The van der Waals surface area contributed by atoms with E-state index in [9.17, 15) is 18.0 Å². The molecule has 7 nitrogen and oxygen atoms in total. The maximum Gasteiger partial charge on any atom is 0.306 e. The van der Waals surface area contributed by atoms with Crippen LogP contribution in [0.3, 0.4) is 0 Å². The highest BCUT2D eigenvalue weighted by Crippen LogP contribution is 2.30. The number of aryl methyl sites for hydroxylation is 2. The number of esters is 1. The number of H-pyrrole nitrogens is 1. The van der Waals surface area contributed by atoms with Crippen LogP contribution < -0.4 is 4.31 Å². The molecule has 0 radical (unpaired) electrons. The molecule has 32 heavy (non-hydrogen) atoms. The Bertz CT molecular complexity index is 1260. The SMILES string of the molecule is CS(=O)(=O)N1CCCc2cc(C(=O)COC(=O)CCCc3c[nH]c4ccccc34)ccc21. The Morgan fingerprint density at radius 2 is 1.97 bits per heavy atom. The number of carbonyl (C=O) groups is 2. The summed E-state index contributed by atoms with van der Waals surface area (Å²) in [5.41, 5.74) is 4.08. The first-order valence-electron chi connectivity index (χ1n) is 10.7. The molecule has 1 aromatic heterocycles. The smallest absolute Gasteiger partial charge is 0.306 e. The third kappa shape index (κ3) is 4.85. The molecule has 3 aromatic rings. The maximum absolute atomic E-state index is 12.5. The van der Waals surface area contributed by atoms with Gasteiger partial charge in [0.05, 0.1) is 11.9 Å². The lowest BCUT2D eigenvalue weighted by Gasteiger charge is -2.29. The van der Waals surface area contributed by atoms with Gasteiger partial charge in [-0.1, -0.05) is 18.2 Å². The van der Waals surface area contributed by atoms with Crippen LogP contribution in [0.2, 0.25) is 0 Å². The van der Waals surface area contributed by atoms with Crippen molar-refractivity contribution in [3.8, 4) is 0 Å². The van der Waals surface area contributed by atoms with E-state index < -0.39 is 16.0 Å². The molecule has 168 valence electrons. The molecule has 1 aliphatic rings. The fraction of sp³-hybridized carbons (Fsp3) is 0.333. The number of nitrogens with zero attached hydrogens (tertiary/aromatic N) is 1. The molecule has 0 amide bonds. The van der Waals surface area contributed by atoms with Gasteiger partial charge in [-0.2, -0.15) is 0 Å². The van der Waals surface area contributed by atoms with Crippen molar-refractivity contribution in [2.45, 2.75) is 32.1 Å². The molecular formula is C24H26N2O5S. The summed E-state index contributed by atoms with van der Waals surface area (Å²) < 4.78 is 30.5. The minimum absolute atomic E-state index is 0.236. The average molecular weight is 455 g/mol. The molecule has 0 bridgehead atoms. The number of rotatable bonds is 8. The van der Waals surface area contributed by atoms with Gasteiger partial charge in [0.2, 0.25) is 10.0 Å². The van der Waals surface area contributed by atoms with Crippen molar-refractivity contribution < 1.29 is 22.7 Å². The molecule has 0 spiro atoms. The van der Waals surface area contributed by atoms with Gasteiger partial charge in [-0.25, -0.2) is 8.42 Å². The van der Waals surface area contributed by atoms with Crippen LogP contribution in [-0.4, -0.2) is 44.6 Å². The van der Waals surface area contributed by atoms with Gasteiger partial charge < -0.3 is 9.72 Å². The Hall–Kier alpha value is -3.13. The summed E-state index contributed by atoms with van der Waals surface area (Å²) in [4.78, 5) is 27.8. The van der Waals surface area contributed by atoms with Crippen LogP contribution in [0.1, 0.15) is 40.7 Å². The van der Waals surface area contributed by atoms with Crippen molar-refractivity contribution in [1.82, 2.24) is 4.98 Å². The number of fused-ring (bicyclic) bond motifs is 2. The van der Waals surface area contributed by atoms with Gasteiger partial charge >= 0.3 is 5.97 Å². The Morgan fingerprint density at radius 1 is 1.16 bits per heavy atom. The summed E-state index contributed by atoms with van der Waals surface area (Å²) >= 11 is 0. The number of carbonyl (C=O) groups excluding carboxylic acids is 2. The second kappa shape index (κ2) is 9.16. The highest BCUT2D eigenvalue weighted by atomic mass is 32.2. The first-order chi connectivity index (χ1) is 15.3. The van der Waals surface area contributed by atoms with Crippen LogP contribution in [0.4, 0.5) is 5.69 Å². The number of para-hydroxylation sites is 1. The van der Waals surface area contributed by atoms with Crippen LogP contribution in [0.5, 0.6) is 0 Å². The number of aromatic amines is 1. The Labute approximate surface area is 187 Å². The van der Waals surface area contributed by atoms with E-state index in [0.717, 1.165) is 28.5 Å². The third-order valence-electron chi connectivity index (χ3n) is 5.74. The number of benzene rings is 2. The monoisotopic (exact) mass is 454 g/mol. The average Bonchev–Trinajstić information content (AvgIpc) is 3.19. The number of sulfonamides is 1. The summed E-state index contributed by atoms with van der Waals surface area (Å²) in [6.07, 6.45) is 6.16. The standard InChI is InChI=1S/C24H26N2O5S/c1-32(29,30)26-13-5-7-17-14-18(11-12-22(17)26)23(27)16-31-24(28)10-4-6-19-15-25-21-9-3-2-8-20(19)21/h2-3,8-9,11-12,14-15,25H,4-7,10,13,16H2,1H3. The summed E-state index contributed by atoms with van der Waals surface area (Å²) in [5, 5.41) is 1.15. The molecule has 4 rings (SSSR count). The van der Waals surface area contributed by atoms with E-state index in [-0.39, 0.29) is 18.8 Å². The van der Waals surface area contributed by atoms with Crippen molar-refractivity contribution in [1.29, 1.82) is 0 Å². The Kier molecular flexibility index (Phi) is 6.32. The molecule has 2 aromatic carbocycles. The zero-order valence-electron chi connectivity index (χ0n) is 18.0. The molecule has 0 unspecified atom stereocenters. The van der Waals surface area contributed by atoms with E-state index in [0.29, 0.717) is 37.1 Å². The second-order valence-corrected chi connectivity index (χ2v) is 9.99. The highest BCUT2D eigenvalue weighted by molar-refractivity contribution is 7.92. The van der Waals surface area contributed by atoms with Gasteiger partial charge in [0.25, 0.3) is 0 Å². The quantitative estimate of drug-likeness (QED) is 0.414. The van der Waals surface area contributed by atoms with Crippen LogP contribution in [0.15, 0.2) is 48.7 Å². The zero-order chi connectivity index (χ0) is 22.7. The molecule has 0 saturated carbocycles. The number of ether oxygens (including phenoxy) is 1. The van der Waals surface area contributed by atoms with Gasteiger partial charge in [0, 0.05) is 35.6 Å². The predicted octanol–water partition coefficient (Wildman–Crippen LogP) is 3.63. The lowest BCUT2D eigenvalue weighted by molar-refractivity contribution is -0.142. The number of Topliss-reactive ketones (excluding diaryl/α,β-unsaturated/α-hetero) is 1. The summed E-state index contributed by atoms with van der Waals surface area (Å²) in [7, 11) is -3.35. The highest BCUT2D eigenvalue weighted by Gasteiger charge is 2.24. The molecule has 2 heterocycles. The summed E-state index contributed by atoms with van der Waals surface area (Å²) in [5.74, 6) is -0.700. The Morgan fingerprint density at radius 3 is 2.78 bits per heavy atom. The Balaban J connectivity index is 1.29. The van der Waals surface area contributed by atoms with Crippen molar-refractivity contribution in [3.63, 3.8) is 0 Å². The third-order valence-corrected chi connectivity index (χ3v) is 6.92. The van der Waals surface area contributed by atoms with E-state index in [1.165, 1.54) is 10.6 Å². The number of hydrogen-bond donors (Lipinski definition) is 1. The summed E-state index contributed by atoms with van der Waals surface area (Å²) in [6.45, 7) is 0.121. The first kappa shape index (κ1) is 22.1. The van der Waals surface area contributed by atoms with Gasteiger partial charge in [-0.05, 0) is 61.1 Å². The number of nitrogens with one attached hydrogen (secondary N) is 1. The molecule has 0 fully saturated rings. The fourth-order valence-electron chi connectivity index (χ4n) is 4.14. The van der Waals surface area contributed by atoms with E-state index in [1.807, 2.05) is 30.5 Å². The van der Waals surface area contributed by atoms with Crippen LogP contribution in [0, 0.1) is 0 Å². The minimum Gasteiger partial charge on any atom is -0.457 e. The minimum atomic E-state index is -3.35. The number of hydrogen-bond acceptors (Lipinski definition) is 5. The van der Waals surface area contributed by atoms with Crippen molar-refractivity contribution in [2.75, 3.05) is 23.7 Å². The van der Waals surface area contributed by atoms with Gasteiger partial charge in [0.15, 0.2) is 12.4 Å². The van der Waals surface area contributed by atoms with Gasteiger partial charge in [-0.15, -0.1) is 0 Å². The molecular weight excluding hydrogens is 428 g/mol. The second-order valence-electron chi connectivity index (χ2n) is 8.08. The van der Waals surface area contributed by atoms with E-state index in [1.54, 1.807) is 18.2 Å². The predicted molar refractivity (Wildman–Crippen MR) is 123 cm³/mol. The number of anilines is 1. The van der Waals surface area contributed by atoms with Crippen LogP contribution in [0.25, 0.3) is 10.9 Å². The van der Waals surface area contributed by atoms with Gasteiger partial charge in [-0.3, -0.25) is 13.9 Å². The molecule has 1 aliphatic heterocycles. The van der Waals surface area contributed by atoms with E-state index >= 15 is 0 Å². The van der Waals surface area contributed by atoms with E-state index in [4.69, 9.17) is 4.74 Å². The van der Waals surface area contributed by atoms with Crippen molar-refractivity contribution in [2.24, 2.45) is 0 Å². The number of aromatic nitrogens is 1. The first-order valence-corrected chi connectivity index (χ1v) is 12.5. The zero-order valence-corrected chi connectivity index (χ0v) is 18.8.